The first-order valence-corrected chi connectivity index (χ1v) is 7.91. The van der Waals surface area contributed by atoms with E-state index in [0.717, 1.165) is 30.2 Å². The van der Waals surface area contributed by atoms with Gasteiger partial charge < -0.3 is 10.2 Å². The van der Waals surface area contributed by atoms with Gasteiger partial charge in [-0.2, -0.15) is 5.10 Å². The molecule has 0 unspecified atom stereocenters. The highest BCUT2D eigenvalue weighted by Gasteiger charge is 2.20. The molecule has 1 aliphatic rings. The Balaban J connectivity index is 2.00. The Morgan fingerprint density at radius 1 is 1.22 bits per heavy atom. The minimum absolute atomic E-state index is 0.0246. The summed E-state index contributed by atoms with van der Waals surface area (Å²) >= 11 is 0. The highest BCUT2D eigenvalue weighted by Crippen LogP contribution is 2.33. The minimum Gasteiger partial charge on any atom is -0.872 e. The number of benzene rings is 1. The van der Waals surface area contributed by atoms with Gasteiger partial charge in [-0.1, -0.05) is 43.5 Å². The standard InChI is InChI=1S/C18H20N2O3/c21-16-9-6-13(7-10-16)17-12-14(8-11-18(22)23)19-20(17)15-4-2-1-3-5-15/h6-12,15,21H,1-5H2,(H,22,23)/p-1/b11-8+. The molecule has 5 nitrogen and oxygen atoms in total. The van der Waals surface area contributed by atoms with Gasteiger partial charge in [0.1, 0.15) is 0 Å². The Bertz CT molecular complexity index is 710. The van der Waals surface area contributed by atoms with E-state index in [0.29, 0.717) is 11.7 Å². The van der Waals surface area contributed by atoms with E-state index in [4.69, 9.17) is 5.11 Å². The van der Waals surface area contributed by atoms with Gasteiger partial charge in [-0.15, -0.1) is 5.75 Å². The second-order valence-electron chi connectivity index (χ2n) is 5.89. The maximum atomic E-state index is 11.3. The van der Waals surface area contributed by atoms with Gasteiger partial charge in [0, 0.05) is 6.08 Å². The number of carbonyl (C=O) groups is 1. The highest BCUT2D eigenvalue weighted by atomic mass is 16.4. The minimum atomic E-state index is -0.991. The van der Waals surface area contributed by atoms with Gasteiger partial charge in [0.05, 0.1) is 17.4 Å². The fourth-order valence-electron chi connectivity index (χ4n) is 3.10. The predicted octanol–water partition coefficient (Wildman–Crippen LogP) is 3.23. The first kappa shape index (κ1) is 15.3. The topological polar surface area (TPSA) is 78.2 Å². The Kier molecular flexibility index (Phi) is 4.46. The molecule has 1 aromatic heterocycles. The molecule has 120 valence electrons. The number of rotatable bonds is 4. The lowest BCUT2D eigenvalue weighted by atomic mass is 9.95. The SMILES string of the molecule is O=C(O)/C=C/c1cc(-c2ccc([O-])cc2)n(C2CCCCC2)n1. The molecule has 0 spiro atoms. The van der Waals surface area contributed by atoms with E-state index in [9.17, 15) is 9.90 Å². The zero-order chi connectivity index (χ0) is 16.2. The van der Waals surface area contributed by atoms with Crippen LogP contribution in [0.1, 0.15) is 43.8 Å². The summed E-state index contributed by atoms with van der Waals surface area (Å²) in [5.41, 5.74) is 2.48. The summed E-state index contributed by atoms with van der Waals surface area (Å²) in [7, 11) is 0. The smallest absolute Gasteiger partial charge is 0.328 e. The lowest BCUT2D eigenvalue weighted by Gasteiger charge is -2.24. The maximum Gasteiger partial charge on any atom is 0.328 e. The second kappa shape index (κ2) is 6.69. The van der Waals surface area contributed by atoms with E-state index in [1.165, 1.54) is 25.3 Å². The quantitative estimate of drug-likeness (QED) is 0.879. The first-order valence-electron chi connectivity index (χ1n) is 7.91. The van der Waals surface area contributed by atoms with Crippen molar-refractivity contribution >= 4 is 12.0 Å². The Hall–Kier alpha value is -2.56. The van der Waals surface area contributed by atoms with E-state index in [1.807, 2.05) is 10.7 Å². The zero-order valence-electron chi connectivity index (χ0n) is 12.8. The fourth-order valence-corrected chi connectivity index (χ4v) is 3.10. The molecule has 1 saturated carbocycles. The summed E-state index contributed by atoms with van der Waals surface area (Å²) in [6.07, 6.45) is 8.38. The molecule has 0 radical (unpaired) electrons. The van der Waals surface area contributed by atoms with Gasteiger partial charge in [-0.25, -0.2) is 4.79 Å². The molecule has 0 amide bonds. The second-order valence-corrected chi connectivity index (χ2v) is 5.89. The van der Waals surface area contributed by atoms with Crippen molar-refractivity contribution in [3.8, 4) is 17.0 Å². The molecule has 0 aliphatic heterocycles. The van der Waals surface area contributed by atoms with Crippen molar-refractivity contribution < 1.29 is 15.0 Å². The van der Waals surface area contributed by atoms with Crippen LogP contribution < -0.4 is 5.11 Å². The molecule has 3 rings (SSSR count). The van der Waals surface area contributed by atoms with Crippen LogP contribution in [0.3, 0.4) is 0 Å². The van der Waals surface area contributed by atoms with E-state index < -0.39 is 5.97 Å². The molecule has 1 fully saturated rings. The predicted molar refractivity (Wildman–Crippen MR) is 85.9 cm³/mol. The van der Waals surface area contributed by atoms with Crippen LogP contribution in [0, 0.1) is 0 Å². The first-order chi connectivity index (χ1) is 11.1. The molecule has 1 N–H and O–H groups in total. The van der Waals surface area contributed by atoms with Crippen molar-refractivity contribution in [1.29, 1.82) is 0 Å². The van der Waals surface area contributed by atoms with Crippen LogP contribution in [0.4, 0.5) is 0 Å². The summed E-state index contributed by atoms with van der Waals surface area (Å²) in [5.74, 6) is -1.02. The summed E-state index contributed by atoms with van der Waals surface area (Å²) in [6, 6.07) is 8.89. The number of aliphatic carboxylic acids is 1. The van der Waals surface area contributed by atoms with Crippen molar-refractivity contribution in [3.63, 3.8) is 0 Å². The summed E-state index contributed by atoms with van der Waals surface area (Å²) < 4.78 is 2.00. The normalized spacial score (nSPS) is 16.0. The number of hydrogen-bond donors (Lipinski definition) is 1. The fraction of sp³-hybridized carbons (Fsp3) is 0.333. The molecule has 0 saturated heterocycles. The van der Waals surface area contributed by atoms with Crippen molar-refractivity contribution in [2.75, 3.05) is 0 Å². The van der Waals surface area contributed by atoms with Crippen LogP contribution in [0.15, 0.2) is 36.4 Å². The van der Waals surface area contributed by atoms with Gasteiger partial charge in [0.15, 0.2) is 0 Å². The molecule has 0 atom stereocenters. The zero-order valence-corrected chi connectivity index (χ0v) is 12.8. The molecule has 23 heavy (non-hydrogen) atoms. The molecule has 5 heteroatoms. The van der Waals surface area contributed by atoms with Crippen molar-refractivity contribution in [3.05, 3.63) is 42.1 Å². The molecule has 2 aromatic rings. The van der Waals surface area contributed by atoms with Crippen molar-refractivity contribution in [2.24, 2.45) is 0 Å². The number of carboxylic acids is 1. The van der Waals surface area contributed by atoms with E-state index in [2.05, 4.69) is 5.10 Å². The van der Waals surface area contributed by atoms with Gasteiger partial charge in [-0.3, -0.25) is 4.68 Å². The molecule has 1 aromatic carbocycles. The summed E-state index contributed by atoms with van der Waals surface area (Å²) in [4.78, 5) is 10.7. The average molecular weight is 311 g/mol. The van der Waals surface area contributed by atoms with Crippen LogP contribution in [0.2, 0.25) is 0 Å². The van der Waals surface area contributed by atoms with Gasteiger partial charge in [-0.05, 0) is 30.5 Å². The van der Waals surface area contributed by atoms with Crippen LogP contribution in [-0.2, 0) is 4.79 Å². The number of nitrogens with zero attached hydrogens (tertiary/aromatic N) is 2. The Labute approximate surface area is 134 Å². The molecule has 1 aliphatic carbocycles. The third kappa shape index (κ3) is 3.62. The number of carboxylic acid groups (broad SMARTS) is 1. The van der Waals surface area contributed by atoms with E-state index >= 15 is 0 Å². The monoisotopic (exact) mass is 311 g/mol. The van der Waals surface area contributed by atoms with E-state index in [-0.39, 0.29) is 5.75 Å². The summed E-state index contributed by atoms with van der Waals surface area (Å²) in [5, 5.41) is 24.7. The molecular weight excluding hydrogens is 292 g/mol. The summed E-state index contributed by atoms with van der Waals surface area (Å²) in [6.45, 7) is 0. The third-order valence-electron chi connectivity index (χ3n) is 4.22. The van der Waals surface area contributed by atoms with Crippen LogP contribution >= 0.6 is 0 Å². The lowest BCUT2D eigenvalue weighted by Crippen LogP contribution is -2.15. The Morgan fingerprint density at radius 3 is 2.57 bits per heavy atom. The maximum absolute atomic E-state index is 11.3. The number of hydrogen-bond acceptors (Lipinski definition) is 3. The van der Waals surface area contributed by atoms with Crippen molar-refractivity contribution in [1.82, 2.24) is 9.78 Å². The molecular formula is C18H19N2O3-. The van der Waals surface area contributed by atoms with Gasteiger partial charge >= 0.3 is 5.97 Å². The van der Waals surface area contributed by atoms with Crippen molar-refractivity contribution in [2.45, 2.75) is 38.1 Å². The van der Waals surface area contributed by atoms with Gasteiger partial charge in [0.25, 0.3) is 0 Å². The number of aromatic nitrogens is 2. The average Bonchev–Trinajstić information content (AvgIpc) is 2.99. The van der Waals surface area contributed by atoms with E-state index in [1.54, 1.807) is 24.3 Å². The molecule has 1 heterocycles. The van der Waals surface area contributed by atoms with Crippen LogP contribution in [0.5, 0.6) is 5.75 Å². The van der Waals surface area contributed by atoms with Crippen LogP contribution in [0.25, 0.3) is 17.3 Å². The largest absolute Gasteiger partial charge is 0.872 e. The highest BCUT2D eigenvalue weighted by molar-refractivity contribution is 5.85. The van der Waals surface area contributed by atoms with Crippen LogP contribution in [-0.4, -0.2) is 20.9 Å². The Morgan fingerprint density at radius 2 is 1.91 bits per heavy atom. The third-order valence-corrected chi connectivity index (χ3v) is 4.22. The van der Waals surface area contributed by atoms with Gasteiger partial charge in [0.2, 0.25) is 0 Å². The lowest BCUT2D eigenvalue weighted by molar-refractivity contribution is -0.268. The molecule has 0 bridgehead atoms.